The van der Waals surface area contributed by atoms with Gasteiger partial charge in [-0.25, -0.2) is 0 Å². The van der Waals surface area contributed by atoms with E-state index in [4.69, 9.17) is 4.74 Å². The molecule has 1 aromatic rings. The standard InChI is InChI=1S/C15H25NO2/c1-13(2)18-12-10-16(3)15(9-11-17)14-7-5-4-6-8-14/h4-8,13,15,17H,9-12H2,1-3H3. The molecule has 0 fully saturated rings. The van der Waals surface area contributed by atoms with Crippen LogP contribution in [-0.4, -0.2) is 42.9 Å². The fourth-order valence-electron chi connectivity index (χ4n) is 2.03. The maximum Gasteiger partial charge on any atom is 0.0597 e. The molecule has 0 saturated carbocycles. The highest BCUT2D eigenvalue weighted by Crippen LogP contribution is 2.22. The molecule has 102 valence electrons. The van der Waals surface area contributed by atoms with E-state index in [1.165, 1.54) is 5.56 Å². The second-order valence-corrected chi connectivity index (χ2v) is 4.84. The Kier molecular flexibility index (Phi) is 6.94. The topological polar surface area (TPSA) is 32.7 Å². The average molecular weight is 251 g/mol. The minimum absolute atomic E-state index is 0.203. The minimum atomic E-state index is 0.203. The molecule has 0 aliphatic rings. The molecule has 0 heterocycles. The van der Waals surface area contributed by atoms with E-state index in [1.54, 1.807) is 0 Å². The van der Waals surface area contributed by atoms with Gasteiger partial charge in [0, 0.05) is 19.2 Å². The summed E-state index contributed by atoms with van der Waals surface area (Å²) < 4.78 is 5.57. The zero-order valence-electron chi connectivity index (χ0n) is 11.7. The van der Waals surface area contributed by atoms with Crippen molar-refractivity contribution in [1.29, 1.82) is 0 Å². The quantitative estimate of drug-likeness (QED) is 0.770. The Bertz CT molecular complexity index is 314. The zero-order valence-corrected chi connectivity index (χ0v) is 11.7. The van der Waals surface area contributed by atoms with E-state index in [-0.39, 0.29) is 18.8 Å². The number of ether oxygens (including phenoxy) is 1. The molecule has 0 amide bonds. The number of hydrogen-bond acceptors (Lipinski definition) is 3. The molecule has 3 heteroatoms. The van der Waals surface area contributed by atoms with Crippen molar-refractivity contribution in [3.63, 3.8) is 0 Å². The summed E-state index contributed by atoms with van der Waals surface area (Å²) in [6.07, 6.45) is 1.02. The molecule has 0 saturated heterocycles. The molecule has 0 aromatic heterocycles. The van der Waals surface area contributed by atoms with Gasteiger partial charge in [0.15, 0.2) is 0 Å². The first-order valence-corrected chi connectivity index (χ1v) is 6.62. The highest BCUT2D eigenvalue weighted by Gasteiger charge is 2.16. The van der Waals surface area contributed by atoms with Gasteiger partial charge in [-0.15, -0.1) is 0 Å². The van der Waals surface area contributed by atoms with Gasteiger partial charge in [0.05, 0.1) is 12.7 Å². The molecule has 0 bridgehead atoms. The SMILES string of the molecule is CC(C)OCCN(C)C(CCO)c1ccccc1. The Hall–Kier alpha value is -0.900. The first-order chi connectivity index (χ1) is 8.65. The third kappa shape index (κ3) is 5.17. The summed E-state index contributed by atoms with van der Waals surface area (Å²) in [7, 11) is 2.08. The zero-order chi connectivity index (χ0) is 13.4. The largest absolute Gasteiger partial charge is 0.396 e. The lowest BCUT2D eigenvalue weighted by molar-refractivity contribution is 0.0526. The summed E-state index contributed by atoms with van der Waals surface area (Å²) in [4.78, 5) is 2.24. The van der Waals surface area contributed by atoms with Crippen molar-refractivity contribution in [2.75, 3.05) is 26.8 Å². The van der Waals surface area contributed by atoms with Gasteiger partial charge in [-0.1, -0.05) is 30.3 Å². The Labute approximate surface area is 110 Å². The molecule has 1 atom stereocenters. The van der Waals surface area contributed by atoms with Crippen LogP contribution in [0.1, 0.15) is 31.9 Å². The third-order valence-electron chi connectivity index (χ3n) is 3.01. The molecule has 3 nitrogen and oxygen atoms in total. The van der Waals surface area contributed by atoms with Crippen molar-refractivity contribution in [2.24, 2.45) is 0 Å². The summed E-state index contributed by atoms with van der Waals surface area (Å²) in [6, 6.07) is 10.6. The van der Waals surface area contributed by atoms with Crippen LogP contribution < -0.4 is 0 Å². The highest BCUT2D eigenvalue weighted by molar-refractivity contribution is 5.18. The van der Waals surface area contributed by atoms with E-state index < -0.39 is 0 Å². The predicted molar refractivity (Wildman–Crippen MR) is 74.6 cm³/mol. The van der Waals surface area contributed by atoms with E-state index in [1.807, 2.05) is 32.0 Å². The summed E-state index contributed by atoms with van der Waals surface area (Å²) in [5.74, 6) is 0. The van der Waals surface area contributed by atoms with Crippen LogP contribution >= 0.6 is 0 Å². The van der Waals surface area contributed by atoms with E-state index in [9.17, 15) is 5.11 Å². The average Bonchev–Trinajstić information content (AvgIpc) is 2.36. The van der Waals surface area contributed by atoms with E-state index >= 15 is 0 Å². The van der Waals surface area contributed by atoms with Crippen molar-refractivity contribution in [2.45, 2.75) is 32.4 Å². The first kappa shape index (κ1) is 15.2. The molecule has 0 aliphatic heterocycles. The molecule has 1 unspecified atom stereocenters. The minimum Gasteiger partial charge on any atom is -0.396 e. The lowest BCUT2D eigenvalue weighted by Gasteiger charge is -2.28. The molecule has 0 radical (unpaired) electrons. The molecule has 1 aromatic carbocycles. The van der Waals surface area contributed by atoms with Gasteiger partial charge in [0.2, 0.25) is 0 Å². The fraction of sp³-hybridized carbons (Fsp3) is 0.600. The number of aliphatic hydroxyl groups is 1. The third-order valence-corrected chi connectivity index (χ3v) is 3.01. The maximum atomic E-state index is 9.20. The summed E-state index contributed by atoms with van der Waals surface area (Å²) in [5.41, 5.74) is 1.25. The van der Waals surface area contributed by atoms with E-state index in [0.29, 0.717) is 0 Å². The number of rotatable bonds is 8. The lowest BCUT2D eigenvalue weighted by Crippen LogP contribution is -2.29. The van der Waals surface area contributed by atoms with Crippen LogP contribution in [0.15, 0.2) is 30.3 Å². The van der Waals surface area contributed by atoms with Crippen molar-refractivity contribution in [3.05, 3.63) is 35.9 Å². The van der Waals surface area contributed by atoms with Crippen LogP contribution in [0, 0.1) is 0 Å². The smallest absolute Gasteiger partial charge is 0.0597 e. The van der Waals surface area contributed by atoms with Crippen LogP contribution in [0.2, 0.25) is 0 Å². The summed E-state index contributed by atoms with van der Waals surface area (Å²) in [6.45, 7) is 5.89. The van der Waals surface area contributed by atoms with Crippen LogP contribution in [0.3, 0.4) is 0 Å². The van der Waals surface area contributed by atoms with Crippen LogP contribution in [0.4, 0.5) is 0 Å². The van der Waals surface area contributed by atoms with Crippen molar-refractivity contribution in [3.8, 4) is 0 Å². The fourth-order valence-corrected chi connectivity index (χ4v) is 2.03. The molecular weight excluding hydrogens is 226 g/mol. The predicted octanol–water partition coefficient (Wildman–Crippen LogP) is 2.47. The van der Waals surface area contributed by atoms with Gasteiger partial charge in [-0.2, -0.15) is 0 Å². The second-order valence-electron chi connectivity index (χ2n) is 4.84. The number of benzene rings is 1. The van der Waals surface area contributed by atoms with Crippen molar-refractivity contribution >= 4 is 0 Å². The Morgan fingerprint density at radius 2 is 1.89 bits per heavy atom. The molecule has 18 heavy (non-hydrogen) atoms. The molecule has 1 N–H and O–H groups in total. The molecule has 0 spiro atoms. The van der Waals surface area contributed by atoms with Crippen molar-refractivity contribution in [1.82, 2.24) is 4.90 Å². The number of nitrogens with zero attached hydrogens (tertiary/aromatic N) is 1. The number of likely N-dealkylation sites (N-methyl/N-ethyl adjacent to an activating group) is 1. The number of aliphatic hydroxyl groups excluding tert-OH is 1. The van der Waals surface area contributed by atoms with Crippen LogP contribution in [0.5, 0.6) is 0 Å². The normalized spacial score (nSPS) is 13.2. The highest BCUT2D eigenvalue weighted by atomic mass is 16.5. The summed E-state index contributed by atoms with van der Waals surface area (Å²) in [5, 5.41) is 9.20. The molecule has 1 rings (SSSR count). The first-order valence-electron chi connectivity index (χ1n) is 6.62. The Morgan fingerprint density at radius 3 is 2.44 bits per heavy atom. The van der Waals surface area contributed by atoms with Gasteiger partial charge < -0.3 is 9.84 Å². The maximum absolute atomic E-state index is 9.20. The monoisotopic (exact) mass is 251 g/mol. The van der Waals surface area contributed by atoms with Gasteiger partial charge in [-0.3, -0.25) is 4.90 Å². The number of hydrogen-bond donors (Lipinski definition) is 1. The van der Waals surface area contributed by atoms with E-state index in [0.717, 1.165) is 19.6 Å². The lowest BCUT2D eigenvalue weighted by atomic mass is 10.0. The van der Waals surface area contributed by atoms with Crippen molar-refractivity contribution < 1.29 is 9.84 Å². The van der Waals surface area contributed by atoms with E-state index in [2.05, 4.69) is 24.1 Å². The van der Waals surface area contributed by atoms with Gasteiger partial charge >= 0.3 is 0 Å². The molecular formula is C15H25NO2. The van der Waals surface area contributed by atoms with Gasteiger partial charge in [0.25, 0.3) is 0 Å². The van der Waals surface area contributed by atoms with Gasteiger partial charge in [-0.05, 0) is 32.9 Å². The second kappa shape index (κ2) is 8.25. The van der Waals surface area contributed by atoms with Crippen LogP contribution in [-0.2, 0) is 4.74 Å². The Balaban J connectivity index is 2.56. The molecule has 0 aliphatic carbocycles. The van der Waals surface area contributed by atoms with Crippen LogP contribution in [0.25, 0.3) is 0 Å². The Morgan fingerprint density at radius 1 is 1.22 bits per heavy atom. The van der Waals surface area contributed by atoms with Gasteiger partial charge in [0.1, 0.15) is 0 Å². The summed E-state index contributed by atoms with van der Waals surface area (Å²) >= 11 is 0.